The summed E-state index contributed by atoms with van der Waals surface area (Å²) in [5, 5.41) is 10.8. The topological polar surface area (TPSA) is 66.1 Å². The molecule has 1 saturated heterocycles. The fourth-order valence-corrected chi connectivity index (χ4v) is 4.50. The van der Waals surface area contributed by atoms with Gasteiger partial charge in [-0.15, -0.1) is 0 Å². The first-order valence-electron chi connectivity index (χ1n) is 8.23. The highest BCUT2D eigenvalue weighted by Gasteiger charge is 2.24. The molecule has 1 aliphatic rings. The lowest BCUT2D eigenvalue weighted by molar-refractivity contribution is 0.0943. The molecule has 0 saturated carbocycles. The van der Waals surface area contributed by atoms with Crippen molar-refractivity contribution in [2.24, 2.45) is 0 Å². The Morgan fingerprint density at radius 3 is 3.04 bits per heavy atom. The molecule has 1 atom stereocenters. The molecule has 1 aliphatic heterocycles. The van der Waals surface area contributed by atoms with Gasteiger partial charge in [-0.3, -0.25) is 4.79 Å². The fraction of sp³-hybridized carbons (Fsp3) is 0.222. The van der Waals surface area contributed by atoms with E-state index in [0.29, 0.717) is 16.3 Å². The standard InChI is InChI=1S/C18H16FIN4OS/c19-13-8-10(20)3-4-14(13)24-18-15(12-2-1-6-22-17(12)26-18)16(25)23-11-5-7-21-9-11/h1-4,6,8,11,21,24H,5,7,9H2,(H,23,25). The summed E-state index contributed by atoms with van der Waals surface area (Å²) in [7, 11) is 0. The Bertz CT molecular complexity index is 971. The summed E-state index contributed by atoms with van der Waals surface area (Å²) < 4.78 is 15.1. The third-order valence-electron chi connectivity index (χ3n) is 4.27. The van der Waals surface area contributed by atoms with E-state index in [2.05, 4.69) is 43.5 Å². The summed E-state index contributed by atoms with van der Waals surface area (Å²) in [4.78, 5) is 18.0. The Kier molecular flexibility index (Phi) is 5.05. The van der Waals surface area contributed by atoms with Crippen molar-refractivity contribution in [2.75, 3.05) is 18.4 Å². The van der Waals surface area contributed by atoms with Gasteiger partial charge in [0.1, 0.15) is 15.6 Å². The van der Waals surface area contributed by atoms with Crippen LogP contribution in [0, 0.1) is 9.39 Å². The van der Waals surface area contributed by atoms with E-state index in [1.807, 2.05) is 12.1 Å². The van der Waals surface area contributed by atoms with Crippen LogP contribution in [-0.4, -0.2) is 30.0 Å². The number of nitrogens with one attached hydrogen (secondary N) is 3. The molecule has 1 fully saturated rings. The zero-order valence-electron chi connectivity index (χ0n) is 13.7. The highest BCUT2D eigenvalue weighted by atomic mass is 127. The van der Waals surface area contributed by atoms with Crippen molar-refractivity contribution in [3.05, 3.63) is 51.5 Å². The monoisotopic (exact) mass is 482 g/mol. The third kappa shape index (κ3) is 3.53. The van der Waals surface area contributed by atoms with Crippen LogP contribution in [0.25, 0.3) is 10.2 Å². The first kappa shape index (κ1) is 17.6. The van der Waals surface area contributed by atoms with Crippen molar-refractivity contribution >= 4 is 60.7 Å². The minimum atomic E-state index is -0.353. The van der Waals surface area contributed by atoms with Gasteiger partial charge in [0, 0.05) is 27.7 Å². The van der Waals surface area contributed by atoms with Crippen molar-refractivity contribution in [1.29, 1.82) is 0 Å². The second kappa shape index (κ2) is 7.45. The summed E-state index contributed by atoms with van der Waals surface area (Å²) in [6, 6.07) is 8.74. The normalized spacial score (nSPS) is 16.8. The molecule has 1 aromatic carbocycles. The van der Waals surface area contributed by atoms with Crippen LogP contribution >= 0.6 is 33.9 Å². The van der Waals surface area contributed by atoms with E-state index in [1.165, 1.54) is 17.4 Å². The maximum Gasteiger partial charge on any atom is 0.255 e. The number of carbonyl (C=O) groups excluding carboxylic acids is 1. The van der Waals surface area contributed by atoms with Crippen LogP contribution in [0.4, 0.5) is 15.1 Å². The van der Waals surface area contributed by atoms with E-state index >= 15 is 0 Å². The lowest BCUT2D eigenvalue weighted by atomic mass is 10.1. The lowest BCUT2D eigenvalue weighted by Gasteiger charge is -2.13. The lowest BCUT2D eigenvalue weighted by Crippen LogP contribution is -2.36. The van der Waals surface area contributed by atoms with Gasteiger partial charge >= 0.3 is 0 Å². The summed E-state index contributed by atoms with van der Waals surface area (Å²) >= 11 is 3.41. The molecule has 2 aromatic heterocycles. The van der Waals surface area contributed by atoms with Crippen LogP contribution < -0.4 is 16.0 Å². The number of aromatic nitrogens is 1. The Morgan fingerprint density at radius 1 is 1.38 bits per heavy atom. The molecule has 1 unspecified atom stereocenters. The number of anilines is 2. The molecule has 3 N–H and O–H groups in total. The molecule has 0 bridgehead atoms. The van der Waals surface area contributed by atoms with Crippen LogP contribution in [0.2, 0.25) is 0 Å². The van der Waals surface area contributed by atoms with Gasteiger partial charge in [-0.05, 0) is 65.9 Å². The molecule has 3 aromatic rings. The number of hydrogen-bond donors (Lipinski definition) is 3. The number of pyridine rings is 1. The van der Waals surface area contributed by atoms with Gasteiger partial charge < -0.3 is 16.0 Å². The highest BCUT2D eigenvalue weighted by molar-refractivity contribution is 14.1. The second-order valence-corrected chi connectivity index (χ2v) is 8.32. The number of rotatable bonds is 4. The molecule has 26 heavy (non-hydrogen) atoms. The van der Waals surface area contributed by atoms with E-state index in [1.54, 1.807) is 18.3 Å². The van der Waals surface area contributed by atoms with Gasteiger partial charge in [0.25, 0.3) is 5.91 Å². The van der Waals surface area contributed by atoms with Crippen molar-refractivity contribution in [3.8, 4) is 0 Å². The first-order valence-corrected chi connectivity index (χ1v) is 10.1. The highest BCUT2D eigenvalue weighted by Crippen LogP contribution is 2.37. The Labute approximate surface area is 167 Å². The van der Waals surface area contributed by atoms with Gasteiger partial charge in [-0.2, -0.15) is 0 Å². The fourth-order valence-electron chi connectivity index (χ4n) is 2.99. The van der Waals surface area contributed by atoms with Gasteiger partial charge in [-0.25, -0.2) is 9.37 Å². The SMILES string of the molecule is O=C(NC1CCNC1)c1c(Nc2ccc(I)cc2F)sc2ncccc12. The number of hydrogen-bond acceptors (Lipinski definition) is 5. The molecular formula is C18H16FIN4OS. The second-order valence-electron chi connectivity index (χ2n) is 6.07. The average molecular weight is 482 g/mol. The minimum Gasteiger partial charge on any atom is -0.348 e. The van der Waals surface area contributed by atoms with Crippen molar-refractivity contribution < 1.29 is 9.18 Å². The van der Waals surface area contributed by atoms with E-state index in [-0.39, 0.29) is 17.8 Å². The van der Waals surface area contributed by atoms with E-state index < -0.39 is 0 Å². The third-order valence-corrected chi connectivity index (χ3v) is 5.97. The molecule has 0 aliphatic carbocycles. The maximum atomic E-state index is 14.3. The largest absolute Gasteiger partial charge is 0.348 e. The Morgan fingerprint density at radius 2 is 2.27 bits per heavy atom. The smallest absolute Gasteiger partial charge is 0.255 e. The number of fused-ring (bicyclic) bond motifs is 1. The molecule has 3 heterocycles. The predicted molar refractivity (Wildman–Crippen MR) is 111 cm³/mol. The zero-order valence-corrected chi connectivity index (χ0v) is 16.7. The molecule has 4 rings (SSSR count). The van der Waals surface area contributed by atoms with Gasteiger partial charge in [0.15, 0.2) is 0 Å². The summed E-state index contributed by atoms with van der Waals surface area (Å²) in [5.41, 5.74) is 0.858. The van der Waals surface area contributed by atoms with Crippen LogP contribution in [-0.2, 0) is 0 Å². The number of nitrogens with zero attached hydrogens (tertiary/aromatic N) is 1. The van der Waals surface area contributed by atoms with Crippen LogP contribution in [0.3, 0.4) is 0 Å². The van der Waals surface area contributed by atoms with Crippen LogP contribution in [0.15, 0.2) is 36.5 Å². The number of carbonyl (C=O) groups is 1. The zero-order chi connectivity index (χ0) is 18.1. The number of benzene rings is 1. The quantitative estimate of drug-likeness (QED) is 0.494. The first-order chi connectivity index (χ1) is 12.6. The van der Waals surface area contributed by atoms with Gasteiger partial charge in [0.05, 0.1) is 11.3 Å². The average Bonchev–Trinajstić information content (AvgIpc) is 3.24. The number of halogens is 2. The summed E-state index contributed by atoms with van der Waals surface area (Å²) in [6.45, 7) is 1.66. The van der Waals surface area contributed by atoms with E-state index in [9.17, 15) is 9.18 Å². The van der Waals surface area contributed by atoms with Crippen LogP contribution in [0.5, 0.6) is 0 Å². The van der Waals surface area contributed by atoms with E-state index in [4.69, 9.17) is 0 Å². The summed E-state index contributed by atoms with van der Waals surface area (Å²) in [5.74, 6) is -0.514. The number of thiophene rings is 1. The van der Waals surface area contributed by atoms with Gasteiger partial charge in [0.2, 0.25) is 0 Å². The van der Waals surface area contributed by atoms with Gasteiger partial charge in [-0.1, -0.05) is 11.3 Å². The minimum absolute atomic E-state index is 0.108. The van der Waals surface area contributed by atoms with Crippen molar-refractivity contribution in [2.45, 2.75) is 12.5 Å². The Hall–Kier alpha value is -1.78. The molecule has 134 valence electrons. The molecule has 1 amide bonds. The molecule has 5 nitrogen and oxygen atoms in total. The van der Waals surface area contributed by atoms with Crippen LogP contribution in [0.1, 0.15) is 16.8 Å². The molecular weight excluding hydrogens is 466 g/mol. The number of amides is 1. The van der Waals surface area contributed by atoms with E-state index in [0.717, 1.165) is 33.3 Å². The molecule has 0 spiro atoms. The summed E-state index contributed by atoms with van der Waals surface area (Å²) in [6.07, 6.45) is 2.59. The molecule has 0 radical (unpaired) electrons. The molecule has 8 heteroatoms. The van der Waals surface area contributed by atoms with Crippen molar-refractivity contribution in [3.63, 3.8) is 0 Å². The maximum absolute atomic E-state index is 14.3. The van der Waals surface area contributed by atoms with Crippen molar-refractivity contribution in [1.82, 2.24) is 15.6 Å². The predicted octanol–water partition coefficient (Wildman–Crippen LogP) is 3.88. The Balaban J connectivity index is 1.72.